The van der Waals surface area contributed by atoms with E-state index in [1.54, 1.807) is 18.2 Å². The van der Waals surface area contributed by atoms with E-state index in [-0.39, 0.29) is 5.75 Å². The summed E-state index contributed by atoms with van der Waals surface area (Å²) in [4.78, 5) is 0. The predicted molar refractivity (Wildman–Crippen MR) is 119 cm³/mol. The van der Waals surface area contributed by atoms with Crippen molar-refractivity contribution < 1.29 is 8.42 Å². The number of hydrogen-bond donors (Lipinski definition) is 1. The van der Waals surface area contributed by atoms with E-state index in [0.717, 1.165) is 17.8 Å². The molecule has 4 aliphatic carbocycles. The molecule has 0 unspecified atom stereocenters. The van der Waals surface area contributed by atoms with Gasteiger partial charge in [0.15, 0.2) is 0 Å². The molecule has 4 aliphatic rings. The van der Waals surface area contributed by atoms with Gasteiger partial charge in [0, 0.05) is 21.3 Å². The number of rotatable bonds is 5. The summed E-state index contributed by atoms with van der Waals surface area (Å²) < 4.78 is 28.0. The van der Waals surface area contributed by atoms with Crippen LogP contribution in [0.2, 0.25) is 10.0 Å². The topological polar surface area (TPSA) is 46.2 Å². The average molecular weight is 450 g/mol. The van der Waals surface area contributed by atoms with Gasteiger partial charge < -0.3 is 0 Å². The van der Waals surface area contributed by atoms with Crippen molar-refractivity contribution in [2.75, 3.05) is 4.72 Å². The largest absolute Gasteiger partial charge is 0.283 e. The fourth-order valence-corrected chi connectivity index (χ4v) is 8.38. The zero-order valence-electron chi connectivity index (χ0n) is 16.2. The van der Waals surface area contributed by atoms with Crippen LogP contribution in [0.15, 0.2) is 42.5 Å². The minimum absolute atomic E-state index is 0.248. The Morgan fingerprint density at radius 3 is 1.90 bits per heavy atom. The van der Waals surface area contributed by atoms with Gasteiger partial charge in [-0.25, -0.2) is 8.42 Å². The zero-order valence-corrected chi connectivity index (χ0v) is 18.5. The van der Waals surface area contributed by atoms with Crippen LogP contribution in [0.1, 0.15) is 49.7 Å². The lowest BCUT2D eigenvalue weighted by Gasteiger charge is -2.57. The minimum Gasteiger partial charge on any atom is -0.283 e. The Labute approximate surface area is 182 Å². The van der Waals surface area contributed by atoms with Crippen molar-refractivity contribution in [2.24, 2.45) is 17.8 Å². The Kier molecular flexibility index (Phi) is 4.88. The third kappa shape index (κ3) is 3.80. The molecule has 2 aromatic carbocycles. The second-order valence-electron chi connectivity index (χ2n) is 9.34. The van der Waals surface area contributed by atoms with Crippen LogP contribution >= 0.6 is 23.2 Å². The number of hydrogen-bond acceptors (Lipinski definition) is 2. The molecule has 6 heteroatoms. The maximum atomic E-state index is 12.7. The Morgan fingerprint density at radius 2 is 1.38 bits per heavy atom. The third-order valence-corrected chi connectivity index (χ3v) is 9.13. The maximum Gasteiger partial charge on any atom is 0.237 e. The minimum atomic E-state index is -3.61. The quantitative estimate of drug-likeness (QED) is 0.573. The van der Waals surface area contributed by atoms with Crippen molar-refractivity contribution in [1.29, 1.82) is 0 Å². The van der Waals surface area contributed by atoms with E-state index in [0.29, 0.717) is 26.7 Å². The lowest BCUT2D eigenvalue weighted by Crippen LogP contribution is -2.48. The van der Waals surface area contributed by atoms with E-state index in [9.17, 15) is 8.42 Å². The van der Waals surface area contributed by atoms with Gasteiger partial charge in [-0.3, -0.25) is 4.72 Å². The molecule has 29 heavy (non-hydrogen) atoms. The van der Waals surface area contributed by atoms with Gasteiger partial charge in [-0.05, 0) is 91.5 Å². The summed E-state index contributed by atoms with van der Waals surface area (Å²) in [5.41, 5.74) is 2.71. The lowest BCUT2D eigenvalue weighted by atomic mass is 9.48. The number of halogens is 2. The zero-order chi connectivity index (χ0) is 20.2. The highest BCUT2D eigenvalue weighted by Crippen LogP contribution is 2.60. The Morgan fingerprint density at radius 1 is 0.862 bits per heavy atom. The molecular weight excluding hydrogens is 425 g/mol. The molecule has 6 rings (SSSR count). The normalized spacial score (nSPS) is 30.5. The highest BCUT2D eigenvalue weighted by molar-refractivity contribution is 7.91. The SMILES string of the molecule is O=S(=O)(Cc1c(Cl)cccc1Cl)Nc1ccc(C23CC4CC(CC(C4)C2)C3)cc1. The first kappa shape index (κ1) is 19.7. The summed E-state index contributed by atoms with van der Waals surface area (Å²) in [5, 5.41) is 0.722. The van der Waals surface area contributed by atoms with Gasteiger partial charge in [0.1, 0.15) is 0 Å². The third-order valence-electron chi connectivity index (χ3n) is 7.20. The van der Waals surface area contributed by atoms with E-state index < -0.39 is 10.0 Å². The van der Waals surface area contributed by atoms with Crippen molar-refractivity contribution in [3.8, 4) is 0 Å². The van der Waals surface area contributed by atoms with Crippen LogP contribution in [0.4, 0.5) is 5.69 Å². The fraction of sp³-hybridized carbons (Fsp3) is 0.478. The highest BCUT2D eigenvalue weighted by Gasteiger charge is 2.51. The Hall–Kier alpha value is -1.23. The molecule has 0 spiro atoms. The van der Waals surface area contributed by atoms with Crippen LogP contribution in [0.25, 0.3) is 0 Å². The van der Waals surface area contributed by atoms with E-state index >= 15 is 0 Å². The van der Waals surface area contributed by atoms with E-state index in [4.69, 9.17) is 23.2 Å². The second-order valence-corrected chi connectivity index (χ2v) is 11.9. The average Bonchev–Trinajstić information content (AvgIpc) is 2.64. The molecule has 0 saturated heterocycles. The monoisotopic (exact) mass is 449 g/mol. The number of sulfonamides is 1. The first-order chi connectivity index (χ1) is 13.8. The smallest absolute Gasteiger partial charge is 0.237 e. The molecule has 0 radical (unpaired) electrons. The maximum absolute atomic E-state index is 12.7. The van der Waals surface area contributed by atoms with E-state index in [2.05, 4.69) is 16.9 Å². The number of anilines is 1. The molecule has 3 nitrogen and oxygen atoms in total. The van der Waals surface area contributed by atoms with E-state index in [1.807, 2.05) is 12.1 Å². The molecule has 4 fully saturated rings. The van der Waals surface area contributed by atoms with Crippen LogP contribution in [0.3, 0.4) is 0 Å². The van der Waals surface area contributed by atoms with Gasteiger partial charge in [0.25, 0.3) is 0 Å². The summed E-state index contributed by atoms with van der Waals surface area (Å²) in [7, 11) is -3.61. The van der Waals surface area contributed by atoms with Gasteiger partial charge in [0.2, 0.25) is 10.0 Å². The van der Waals surface area contributed by atoms with Gasteiger partial charge in [-0.2, -0.15) is 0 Å². The van der Waals surface area contributed by atoms with Crippen LogP contribution in [0.5, 0.6) is 0 Å². The molecule has 1 N–H and O–H groups in total. The standard InChI is InChI=1S/C23H25Cl2NO2S/c24-21-2-1-3-22(25)20(21)14-29(27,28)26-19-6-4-18(5-7-19)23-11-15-8-16(12-23)10-17(9-15)13-23/h1-7,15-17,26H,8-14H2. The first-order valence-corrected chi connectivity index (χ1v) is 12.8. The van der Waals surface area contributed by atoms with Crippen molar-refractivity contribution in [3.05, 3.63) is 63.6 Å². The second kappa shape index (κ2) is 7.18. The summed E-state index contributed by atoms with van der Waals surface area (Å²) >= 11 is 12.3. The lowest BCUT2D eigenvalue weighted by molar-refractivity contribution is -0.00518. The van der Waals surface area contributed by atoms with Crippen molar-refractivity contribution in [3.63, 3.8) is 0 Å². The summed E-state index contributed by atoms with van der Waals surface area (Å²) in [6.07, 6.45) is 8.16. The molecular formula is C23H25Cl2NO2S. The Bertz CT molecular complexity index is 978. The number of nitrogens with one attached hydrogen (secondary N) is 1. The summed E-state index contributed by atoms with van der Waals surface area (Å²) in [6, 6.07) is 13.1. The van der Waals surface area contributed by atoms with Crippen LogP contribution < -0.4 is 4.72 Å². The molecule has 154 valence electrons. The number of benzene rings is 2. The molecule has 2 aromatic rings. The van der Waals surface area contributed by atoms with Crippen LogP contribution in [-0.2, 0) is 21.2 Å². The van der Waals surface area contributed by atoms with Crippen LogP contribution in [-0.4, -0.2) is 8.42 Å². The molecule has 4 bridgehead atoms. The van der Waals surface area contributed by atoms with Crippen molar-refractivity contribution >= 4 is 38.9 Å². The van der Waals surface area contributed by atoms with Crippen molar-refractivity contribution in [1.82, 2.24) is 0 Å². The van der Waals surface area contributed by atoms with Gasteiger partial charge in [-0.15, -0.1) is 0 Å². The molecule has 0 amide bonds. The Balaban J connectivity index is 1.33. The summed E-state index contributed by atoms with van der Waals surface area (Å²) in [5.74, 6) is 2.42. The molecule has 4 saturated carbocycles. The molecule has 0 atom stereocenters. The van der Waals surface area contributed by atoms with Crippen molar-refractivity contribution in [2.45, 2.75) is 49.7 Å². The van der Waals surface area contributed by atoms with Crippen LogP contribution in [0, 0.1) is 17.8 Å². The van der Waals surface area contributed by atoms with Gasteiger partial charge in [-0.1, -0.05) is 41.4 Å². The predicted octanol–water partition coefficient (Wildman–Crippen LogP) is 6.40. The molecule has 0 aliphatic heterocycles. The fourth-order valence-electron chi connectivity index (χ4n) is 6.43. The highest BCUT2D eigenvalue weighted by atomic mass is 35.5. The van der Waals surface area contributed by atoms with Gasteiger partial charge >= 0.3 is 0 Å². The van der Waals surface area contributed by atoms with E-state index in [1.165, 1.54) is 44.1 Å². The van der Waals surface area contributed by atoms with Gasteiger partial charge in [0.05, 0.1) is 5.75 Å². The summed E-state index contributed by atoms with van der Waals surface area (Å²) in [6.45, 7) is 0. The molecule has 0 heterocycles. The molecule has 0 aromatic heterocycles. The first-order valence-electron chi connectivity index (χ1n) is 10.4.